The van der Waals surface area contributed by atoms with Gasteiger partial charge in [0, 0.05) is 17.8 Å². The number of carboxylic acid groups (broad SMARTS) is 1. The molecule has 0 aromatic carbocycles. The monoisotopic (exact) mass is 263 g/mol. The number of carbonyl (C=O) groups is 2. The topological polar surface area (TPSA) is 59.3 Å². The molecule has 19 heavy (non-hydrogen) atoms. The van der Waals surface area contributed by atoms with E-state index < -0.39 is 5.97 Å². The number of hydrogen-bond donors (Lipinski definition) is 1. The van der Waals surface area contributed by atoms with Crippen LogP contribution in [0.15, 0.2) is 12.3 Å². The van der Waals surface area contributed by atoms with Gasteiger partial charge in [-0.3, -0.25) is 4.79 Å². The maximum absolute atomic E-state index is 11.4. The number of hydrogen-bond acceptors (Lipinski definition) is 2. The first-order chi connectivity index (χ1) is 8.95. The van der Waals surface area contributed by atoms with E-state index >= 15 is 0 Å². The largest absolute Gasteiger partial charge is 0.477 e. The second-order valence-corrected chi connectivity index (χ2v) is 5.55. The number of nitrogens with zero attached hydrogens (tertiary/aromatic N) is 1. The molecule has 1 aliphatic rings. The summed E-state index contributed by atoms with van der Waals surface area (Å²) in [4.78, 5) is 22.8. The fourth-order valence-electron chi connectivity index (χ4n) is 3.31. The van der Waals surface area contributed by atoms with Gasteiger partial charge in [-0.15, -0.1) is 0 Å². The van der Waals surface area contributed by atoms with Crippen molar-refractivity contribution in [3.8, 4) is 0 Å². The summed E-state index contributed by atoms with van der Waals surface area (Å²) < 4.78 is 1.80. The lowest BCUT2D eigenvalue weighted by molar-refractivity contribution is 0.0680. The smallest absolute Gasteiger partial charge is 0.352 e. The molecule has 3 atom stereocenters. The van der Waals surface area contributed by atoms with Crippen LogP contribution in [-0.2, 0) is 0 Å². The summed E-state index contributed by atoms with van der Waals surface area (Å²) in [6, 6.07) is 1.69. The zero-order valence-electron chi connectivity index (χ0n) is 11.7. The molecular formula is C15H21NO3. The van der Waals surface area contributed by atoms with E-state index in [2.05, 4.69) is 13.8 Å². The minimum atomic E-state index is -0.959. The first kappa shape index (κ1) is 13.8. The van der Waals surface area contributed by atoms with Gasteiger partial charge in [-0.2, -0.15) is 0 Å². The minimum Gasteiger partial charge on any atom is -0.477 e. The molecular weight excluding hydrogens is 242 g/mol. The van der Waals surface area contributed by atoms with Gasteiger partial charge in [0.2, 0.25) is 0 Å². The van der Waals surface area contributed by atoms with E-state index in [1.165, 1.54) is 13.0 Å². The van der Waals surface area contributed by atoms with Crippen LogP contribution in [0.25, 0.3) is 0 Å². The Kier molecular flexibility index (Phi) is 3.78. The molecule has 1 aromatic heterocycles. The van der Waals surface area contributed by atoms with Gasteiger partial charge in [0.1, 0.15) is 5.69 Å². The second kappa shape index (κ2) is 5.19. The molecule has 0 amide bonds. The summed E-state index contributed by atoms with van der Waals surface area (Å²) in [6.07, 6.45) is 4.97. The predicted molar refractivity (Wildman–Crippen MR) is 72.6 cm³/mol. The summed E-state index contributed by atoms with van der Waals surface area (Å²) >= 11 is 0. The van der Waals surface area contributed by atoms with Crippen LogP contribution in [0.4, 0.5) is 0 Å². The van der Waals surface area contributed by atoms with Gasteiger partial charge in [-0.25, -0.2) is 4.79 Å². The van der Waals surface area contributed by atoms with Crippen molar-refractivity contribution in [3.05, 3.63) is 23.5 Å². The molecule has 3 unspecified atom stereocenters. The highest BCUT2D eigenvalue weighted by molar-refractivity contribution is 5.97. The summed E-state index contributed by atoms with van der Waals surface area (Å²) in [7, 11) is 0. The van der Waals surface area contributed by atoms with E-state index in [4.69, 9.17) is 0 Å². The number of carboxylic acids is 1. The molecule has 0 saturated heterocycles. The van der Waals surface area contributed by atoms with E-state index in [-0.39, 0.29) is 17.5 Å². The fourth-order valence-corrected chi connectivity index (χ4v) is 3.31. The average Bonchev–Trinajstić information content (AvgIpc) is 2.92. The summed E-state index contributed by atoms with van der Waals surface area (Å²) in [5.74, 6) is 0.0590. The third-order valence-electron chi connectivity index (χ3n) is 4.54. The van der Waals surface area contributed by atoms with Crippen LogP contribution in [0.3, 0.4) is 0 Å². The third-order valence-corrected chi connectivity index (χ3v) is 4.54. The zero-order valence-corrected chi connectivity index (χ0v) is 11.7. The van der Waals surface area contributed by atoms with Crippen molar-refractivity contribution in [1.82, 2.24) is 4.57 Å². The normalized spacial score (nSPS) is 26.6. The molecule has 4 heteroatoms. The van der Waals surface area contributed by atoms with Crippen LogP contribution < -0.4 is 0 Å². The first-order valence-electron chi connectivity index (χ1n) is 6.91. The molecule has 104 valence electrons. The van der Waals surface area contributed by atoms with Gasteiger partial charge in [-0.1, -0.05) is 20.3 Å². The van der Waals surface area contributed by atoms with Gasteiger partial charge in [0.05, 0.1) is 0 Å². The Bertz CT molecular complexity index is 503. The Morgan fingerprint density at radius 1 is 1.42 bits per heavy atom. The molecule has 0 aliphatic heterocycles. The van der Waals surface area contributed by atoms with Crippen molar-refractivity contribution < 1.29 is 14.7 Å². The van der Waals surface area contributed by atoms with Crippen molar-refractivity contribution >= 4 is 11.8 Å². The molecule has 0 bridgehead atoms. The summed E-state index contributed by atoms with van der Waals surface area (Å²) in [6.45, 7) is 5.83. The quantitative estimate of drug-likeness (QED) is 0.847. The molecule has 1 aliphatic carbocycles. The van der Waals surface area contributed by atoms with Crippen LogP contribution in [-0.4, -0.2) is 21.4 Å². The SMILES string of the molecule is CCC1CCC(n2cc(C(C)=O)cc2C(=O)O)C1C. The van der Waals surface area contributed by atoms with Crippen LogP contribution in [0, 0.1) is 11.8 Å². The molecule has 0 radical (unpaired) electrons. The van der Waals surface area contributed by atoms with Crippen molar-refractivity contribution in [2.45, 2.75) is 46.1 Å². The molecule has 1 aromatic rings. The summed E-state index contributed by atoms with van der Waals surface area (Å²) in [5.41, 5.74) is 0.725. The predicted octanol–water partition coefficient (Wildman–Crippen LogP) is 3.39. The van der Waals surface area contributed by atoms with Crippen LogP contribution >= 0.6 is 0 Å². The van der Waals surface area contributed by atoms with Crippen molar-refractivity contribution in [2.75, 3.05) is 0 Å². The van der Waals surface area contributed by atoms with E-state index in [1.807, 2.05) is 0 Å². The van der Waals surface area contributed by atoms with Gasteiger partial charge >= 0.3 is 5.97 Å². The fraction of sp³-hybridized carbons (Fsp3) is 0.600. The number of carbonyl (C=O) groups excluding carboxylic acids is 1. The van der Waals surface area contributed by atoms with Crippen LogP contribution in [0.5, 0.6) is 0 Å². The Morgan fingerprint density at radius 2 is 2.11 bits per heavy atom. The van der Waals surface area contributed by atoms with Crippen LogP contribution in [0.2, 0.25) is 0 Å². The first-order valence-corrected chi connectivity index (χ1v) is 6.91. The van der Waals surface area contributed by atoms with Crippen molar-refractivity contribution in [3.63, 3.8) is 0 Å². The lowest BCUT2D eigenvalue weighted by atomic mass is 9.93. The Labute approximate surface area is 113 Å². The Hall–Kier alpha value is -1.58. The van der Waals surface area contributed by atoms with Gasteiger partial charge in [0.15, 0.2) is 5.78 Å². The maximum atomic E-state index is 11.4. The van der Waals surface area contributed by atoms with E-state index in [9.17, 15) is 14.7 Å². The zero-order chi connectivity index (χ0) is 14.2. The Morgan fingerprint density at radius 3 is 2.58 bits per heavy atom. The number of ketones is 1. The molecule has 1 saturated carbocycles. The lowest BCUT2D eigenvalue weighted by Crippen LogP contribution is -2.18. The van der Waals surface area contributed by atoms with Gasteiger partial charge in [0.25, 0.3) is 0 Å². The number of aromatic nitrogens is 1. The van der Waals surface area contributed by atoms with E-state index in [0.717, 1.165) is 19.3 Å². The highest BCUT2D eigenvalue weighted by atomic mass is 16.4. The van der Waals surface area contributed by atoms with Crippen molar-refractivity contribution in [2.24, 2.45) is 11.8 Å². The van der Waals surface area contributed by atoms with Crippen LogP contribution in [0.1, 0.15) is 66.9 Å². The van der Waals surface area contributed by atoms with E-state index in [1.54, 1.807) is 10.8 Å². The second-order valence-electron chi connectivity index (χ2n) is 5.55. The van der Waals surface area contributed by atoms with Crippen molar-refractivity contribution in [1.29, 1.82) is 0 Å². The third kappa shape index (κ3) is 2.44. The van der Waals surface area contributed by atoms with E-state index in [0.29, 0.717) is 17.4 Å². The molecule has 1 fully saturated rings. The molecule has 0 spiro atoms. The number of Topliss-reactive ketones (excluding diaryl/α,β-unsaturated/α-hetero) is 1. The lowest BCUT2D eigenvalue weighted by Gasteiger charge is -2.22. The number of aromatic carboxylic acids is 1. The summed E-state index contributed by atoms with van der Waals surface area (Å²) in [5, 5.41) is 9.30. The number of rotatable bonds is 4. The molecule has 1 heterocycles. The maximum Gasteiger partial charge on any atom is 0.352 e. The molecule has 4 nitrogen and oxygen atoms in total. The van der Waals surface area contributed by atoms with Gasteiger partial charge in [-0.05, 0) is 37.7 Å². The highest BCUT2D eigenvalue weighted by Crippen LogP contribution is 2.42. The van der Waals surface area contributed by atoms with Gasteiger partial charge < -0.3 is 9.67 Å². The minimum absolute atomic E-state index is 0.0843. The Balaban J connectivity index is 2.39. The standard InChI is InChI=1S/C15H21NO3/c1-4-11-5-6-13(9(11)2)16-8-12(10(3)17)7-14(16)15(18)19/h7-9,11,13H,4-6H2,1-3H3,(H,18,19). The molecule has 1 N–H and O–H groups in total. The molecule has 2 rings (SSSR count). The average molecular weight is 263 g/mol. The highest BCUT2D eigenvalue weighted by Gasteiger charge is 2.34.